The van der Waals surface area contributed by atoms with E-state index in [9.17, 15) is 0 Å². The van der Waals surface area contributed by atoms with Gasteiger partial charge in [-0.2, -0.15) is 11.8 Å². The summed E-state index contributed by atoms with van der Waals surface area (Å²) in [5, 5.41) is 16.9. The quantitative estimate of drug-likeness (QED) is 0.550. The number of aliphatic hydroxyl groups excluding tert-OH is 2. The first kappa shape index (κ1) is 11.3. The zero-order chi connectivity index (χ0) is 8.36. The lowest BCUT2D eigenvalue weighted by Gasteiger charge is -1.98. The van der Waals surface area contributed by atoms with Crippen LogP contribution in [0.4, 0.5) is 0 Å². The highest BCUT2D eigenvalue weighted by molar-refractivity contribution is 7.99. The standard InChI is InChI=1S/C8H18O2S/c9-5-2-1-3-7-11-8-4-6-10/h9-10H,1-8H2. The molecule has 0 radical (unpaired) electrons. The molecule has 0 heterocycles. The van der Waals surface area contributed by atoms with E-state index >= 15 is 0 Å². The molecule has 0 unspecified atom stereocenters. The van der Waals surface area contributed by atoms with Crippen molar-refractivity contribution in [1.82, 2.24) is 0 Å². The van der Waals surface area contributed by atoms with E-state index in [0.717, 1.165) is 25.0 Å². The minimum absolute atomic E-state index is 0.309. The topological polar surface area (TPSA) is 40.5 Å². The molecule has 0 saturated heterocycles. The fourth-order valence-electron chi connectivity index (χ4n) is 0.761. The van der Waals surface area contributed by atoms with Gasteiger partial charge >= 0.3 is 0 Å². The summed E-state index contributed by atoms with van der Waals surface area (Å²) in [7, 11) is 0. The molecule has 0 saturated carbocycles. The van der Waals surface area contributed by atoms with Crippen LogP contribution in [0, 0.1) is 0 Å². The number of rotatable bonds is 8. The van der Waals surface area contributed by atoms with Gasteiger partial charge in [-0.25, -0.2) is 0 Å². The summed E-state index contributed by atoms with van der Waals surface area (Å²) in [6.07, 6.45) is 4.16. The number of thioether (sulfide) groups is 1. The molecular weight excluding hydrogens is 160 g/mol. The Bertz CT molecular complexity index is 61.1. The molecule has 3 heteroatoms. The molecule has 0 aliphatic heterocycles. The van der Waals surface area contributed by atoms with Crippen molar-refractivity contribution in [3.8, 4) is 0 Å². The number of hydrogen-bond acceptors (Lipinski definition) is 3. The number of unbranched alkanes of at least 4 members (excludes halogenated alkanes) is 2. The van der Waals surface area contributed by atoms with Gasteiger partial charge in [-0.3, -0.25) is 0 Å². The van der Waals surface area contributed by atoms with Gasteiger partial charge in [0.25, 0.3) is 0 Å². The maximum atomic E-state index is 8.47. The molecule has 0 aliphatic rings. The third kappa shape index (κ3) is 10.3. The lowest BCUT2D eigenvalue weighted by molar-refractivity contribution is 0.284. The van der Waals surface area contributed by atoms with Gasteiger partial charge in [0.15, 0.2) is 0 Å². The van der Waals surface area contributed by atoms with Crippen LogP contribution in [0.1, 0.15) is 25.7 Å². The third-order valence-electron chi connectivity index (χ3n) is 1.39. The van der Waals surface area contributed by atoms with Gasteiger partial charge in [-0.15, -0.1) is 0 Å². The van der Waals surface area contributed by atoms with Crippen LogP contribution in [0.15, 0.2) is 0 Å². The van der Waals surface area contributed by atoms with E-state index in [2.05, 4.69) is 0 Å². The van der Waals surface area contributed by atoms with Crippen molar-refractivity contribution < 1.29 is 10.2 Å². The molecule has 0 aromatic heterocycles. The Balaban J connectivity index is 2.69. The SMILES string of the molecule is OCCCCCSCCCO. The summed E-state index contributed by atoms with van der Waals surface area (Å²) < 4.78 is 0. The summed E-state index contributed by atoms with van der Waals surface area (Å²) in [6.45, 7) is 0.630. The van der Waals surface area contributed by atoms with Crippen LogP contribution in [0.5, 0.6) is 0 Å². The maximum Gasteiger partial charge on any atom is 0.0438 e. The Labute approximate surface area is 73.0 Å². The lowest BCUT2D eigenvalue weighted by Crippen LogP contribution is -1.89. The molecular formula is C8H18O2S. The minimum Gasteiger partial charge on any atom is -0.396 e. The van der Waals surface area contributed by atoms with Crippen molar-refractivity contribution >= 4 is 11.8 Å². The Morgan fingerprint density at radius 2 is 1.36 bits per heavy atom. The van der Waals surface area contributed by atoms with Crippen molar-refractivity contribution in [2.45, 2.75) is 25.7 Å². The van der Waals surface area contributed by atoms with Crippen molar-refractivity contribution in [3.63, 3.8) is 0 Å². The average molecular weight is 178 g/mol. The molecule has 11 heavy (non-hydrogen) atoms. The van der Waals surface area contributed by atoms with Crippen LogP contribution in [-0.2, 0) is 0 Å². The third-order valence-corrected chi connectivity index (χ3v) is 2.55. The molecule has 68 valence electrons. The number of aliphatic hydroxyl groups is 2. The van der Waals surface area contributed by atoms with E-state index in [1.54, 1.807) is 0 Å². The van der Waals surface area contributed by atoms with Crippen LogP contribution in [0.2, 0.25) is 0 Å². The van der Waals surface area contributed by atoms with E-state index in [1.165, 1.54) is 12.2 Å². The number of hydrogen-bond donors (Lipinski definition) is 2. The van der Waals surface area contributed by atoms with Crippen molar-refractivity contribution in [2.75, 3.05) is 24.7 Å². The van der Waals surface area contributed by atoms with E-state index in [-0.39, 0.29) is 0 Å². The van der Waals surface area contributed by atoms with Gasteiger partial charge in [0.1, 0.15) is 0 Å². The molecule has 0 atom stereocenters. The minimum atomic E-state index is 0.309. The second kappa shape index (κ2) is 10.3. The average Bonchev–Trinajstić information content (AvgIpc) is 2.03. The molecule has 2 nitrogen and oxygen atoms in total. The fourth-order valence-corrected chi connectivity index (χ4v) is 1.71. The first-order chi connectivity index (χ1) is 5.41. The van der Waals surface area contributed by atoms with Crippen LogP contribution >= 0.6 is 11.8 Å². The summed E-state index contributed by atoms with van der Waals surface area (Å²) in [6, 6.07) is 0. The second-order valence-electron chi connectivity index (χ2n) is 2.47. The lowest BCUT2D eigenvalue weighted by atomic mass is 10.3. The Hall–Kier alpha value is 0.270. The fraction of sp³-hybridized carbons (Fsp3) is 1.00. The highest BCUT2D eigenvalue weighted by atomic mass is 32.2. The molecule has 0 bridgehead atoms. The molecule has 2 N–H and O–H groups in total. The second-order valence-corrected chi connectivity index (χ2v) is 3.70. The van der Waals surface area contributed by atoms with Crippen molar-refractivity contribution in [2.24, 2.45) is 0 Å². The van der Waals surface area contributed by atoms with Crippen LogP contribution in [0.25, 0.3) is 0 Å². The zero-order valence-electron chi connectivity index (χ0n) is 6.96. The molecule has 0 amide bonds. The molecule has 0 rings (SSSR count). The molecule has 0 aliphatic carbocycles. The Kier molecular flexibility index (Phi) is 10.5. The van der Waals surface area contributed by atoms with E-state index in [0.29, 0.717) is 13.2 Å². The molecule has 0 spiro atoms. The Morgan fingerprint density at radius 1 is 0.727 bits per heavy atom. The van der Waals surface area contributed by atoms with Gasteiger partial charge in [0.05, 0.1) is 0 Å². The molecule has 0 aromatic carbocycles. The smallest absolute Gasteiger partial charge is 0.0438 e. The van der Waals surface area contributed by atoms with E-state index < -0.39 is 0 Å². The van der Waals surface area contributed by atoms with Crippen molar-refractivity contribution in [1.29, 1.82) is 0 Å². The Morgan fingerprint density at radius 3 is 2.00 bits per heavy atom. The van der Waals surface area contributed by atoms with Gasteiger partial charge < -0.3 is 10.2 Å². The van der Waals surface area contributed by atoms with Gasteiger partial charge in [0, 0.05) is 13.2 Å². The summed E-state index contributed by atoms with van der Waals surface area (Å²) in [5.41, 5.74) is 0. The zero-order valence-corrected chi connectivity index (χ0v) is 7.78. The van der Waals surface area contributed by atoms with Crippen molar-refractivity contribution in [3.05, 3.63) is 0 Å². The van der Waals surface area contributed by atoms with Gasteiger partial charge in [-0.05, 0) is 30.8 Å². The summed E-state index contributed by atoms with van der Waals surface area (Å²) in [5.74, 6) is 2.23. The van der Waals surface area contributed by atoms with Crippen LogP contribution in [-0.4, -0.2) is 34.9 Å². The first-order valence-electron chi connectivity index (χ1n) is 4.21. The predicted octanol–water partition coefficient (Wildman–Crippen LogP) is 1.26. The molecule has 0 aromatic rings. The maximum absolute atomic E-state index is 8.47. The molecule has 0 fully saturated rings. The highest BCUT2D eigenvalue weighted by Crippen LogP contribution is 2.06. The largest absolute Gasteiger partial charge is 0.396 e. The highest BCUT2D eigenvalue weighted by Gasteiger charge is 1.89. The monoisotopic (exact) mass is 178 g/mol. The summed E-state index contributed by atoms with van der Waals surface area (Å²) >= 11 is 1.89. The van der Waals surface area contributed by atoms with Gasteiger partial charge in [0.2, 0.25) is 0 Å². The van der Waals surface area contributed by atoms with E-state index in [4.69, 9.17) is 10.2 Å². The van der Waals surface area contributed by atoms with Crippen LogP contribution in [0.3, 0.4) is 0 Å². The van der Waals surface area contributed by atoms with E-state index in [1.807, 2.05) is 11.8 Å². The van der Waals surface area contributed by atoms with Gasteiger partial charge in [-0.1, -0.05) is 6.42 Å². The summed E-state index contributed by atoms with van der Waals surface area (Å²) in [4.78, 5) is 0. The normalized spacial score (nSPS) is 10.4. The first-order valence-corrected chi connectivity index (χ1v) is 5.36. The predicted molar refractivity (Wildman–Crippen MR) is 50.0 cm³/mol. The van der Waals surface area contributed by atoms with Crippen LogP contribution < -0.4 is 0 Å².